The van der Waals surface area contributed by atoms with Crippen molar-refractivity contribution in [1.29, 1.82) is 0 Å². The third kappa shape index (κ3) is 3.58. The van der Waals surface area contributed by atoms with E-state index in [1.54, 1.807) is 42.5 Å². The molecule has 9 heteroatoms. The summed E-state index contributed by atoms with van der Waals surface area (Å²) in [7, 11) is 0. The van der Waals surface area contributed by atoms with Crippen molar-refractivity contribution in [3.8, 4) is 22.9 Å². The lowest BCUT2D eigenvalue weighted by Crippen LogP contribution is -2.20. The summed E-state index contributed by atoms with van der Waals surface area (Å²) in [4.78, 5) is 17.6. The second-order valence-corrected chi connectivity index (χ2v) is 7.01. The first kappa shape index (κ1) is 19.8. The van der Waals surface area contributed by atoms with Crippen LogP contribution in [0.15, 0.2) is 76.6 Å². The Bertz CT molecular complexity index is 1430. The molecule has 0 atom stereocenters. The molecule has 0 saturated heterocycles. The van der Waals surface area contributed by atoms with Gasteiger partial charge in [-0.15, -0.1) is 0 Å². The van der Waals surface area contributed by atoms with E-state index in [4.69, 9.17) is 9.47 Å². The minimum absolute atomic E-state index is 0.00297. The summed E-state index contributed by atoms with van der Waals surface area (Å²) in [5.74, 6) is 1.13. The number of nitrogens with zero attached hydrogens (tertiary/aromatic N) is 3. The van der Waals surface area contributed by atoms with Gasteiger partial charge in [-0.25, -0.2) is 4.98 Å². The molecule has 0 fully saturated rings. The van der Waals surface area contributed by atoms with E-state index >= 15 is 0 Å². The van der Waals surface area contributed by atoms with Crippen LogP contribution in [0.1, 0.15) is 11.1 Å². The summed E-state index contributed by atoms with van der Waals surface area (Å²) in [6.07, 6.45) is -3.12. The zero-order valence-electron chi connectivity index (χ0n) is 16.3. The van der Waals surface area contributed by atoms with Gasteiger partial charge in [-0.2, -0.15) is 22.9 Å². The first-order valence-electron chi connectivity index (χ1n) is 9.53. The predicted molar refractivity (Wildman–Crippen MR) is 112 cm³/mol. The van der Waals surface area contributed by atoms with Crippen LogP contribution in [0.5, 0.6) is 11.5 Å². The molecule has 1 aromatic heterocycles. The molecule has 2 heterocycles. The lowest BCUT2D eigenvalue weighted by Gasteiger charge is -2.12. The molecule has 0 bridgehead atoms. The van der Waals surface area contributed by atoms with Crippen LogP contribution in [0.25, 0.3) is 22.3 Å². The fourth-order valence-electron chi connectivity index (χ4n) is 3.37. The second-order valence-electron chi connectivity index (χ2n) is 7.01. The summed E-state index contributed by atoms with van der Waals surface area (Å²) >= 11 is 0. The molecule has 5 rings (SSSR count). The summed E-state index contributed by atoms with van der Waals surface area (Å²) in [5, 5.41) is 4.56. The van der Waals surface area contributed by atoms with Crippen LogP contribution in [0, 0.1) is 0 Å². The van der Waals surface area contributed by atoms with Gasteiger partial charge in [-0.3, -0.25) is 4.79 Å². The van der Waals surface area contributed by atoms with E-state index in [-0.39, 0.29) is 18.2 Å². The van der Waals surface area contributed by atoms with Gasteiger partial charge in [0.25, 0.3) is 5.56 Å². The van der Waals surface area contributed by atoms with Gasteiger partial charge in [-0.05, 0) is 48.0 Å². The van der Waals surface area contributed by atoms with Crippen LogP contribution in [0.2, 0.25) is 0 Å². The topological polar surface area (TPSA) is 65.7 Å². The monoisotopic (exact) mass is 437 g/mol. The summed E-state index contributed by atoms with van der Waals surface area (Å²) in [6.45, 7) is 0.115. The van der Waals surface area contributed by atoms with Crippen LogP contribution in [-0.2, 0) is 6.18 Å². The van der Waals surface area contributed by atoms with Crippen molar-refractivity contribution in [3.63, 3.8) is 0 Å². The first-order chi connectivity index (χ1) is 15.4. The maximum absolute atomic E-state index is 13.3. The largest absolute Gasteiger partial charge is 0.454 e. The average Bonchev–Trinajstić information content (AvgIpc) is 3.26. The van der Waals surface area contributed by atoms with Gasteiger partial charge >= 0.3 is 6.18 Å². The minimum atomic E-state index is -4.53. The van der Waals surface area contributed by atoms with Crippen LogP contribution < -0.4 is 15.0 Å². The maximum Gasteiger partial charge on any atom is 0.416 e. The maximum atomic E-state index is 13.3. The average molecular weight is 437 g/mol. The third-order valence-electron chi connectivity index (χ3n) is 4.92. The number of para-hydroxylation sites is 1. The fourth-order valence-corrected chi connectivity index (χ4v) is 3.37. The number of hydrogen-bond donors (Lipinski definition) is 0. The van der Waals surface area contributed by atoms with E-state index in [9.17, 15) is 18.0 Å². The number of aromatic nitrogens is 2. The first-order valence-corrected chi connectivity index (χ1v) is 9.53. The van der Waals surface area contributed by atoms with Crippen molar-refractivity contribution in [1.82, 2.24) is 9.66 Å². The summed E-state index contributed by atoms with van der Waals surface area (Å²) in [5.41, 5.74) is -0.252. The standard InChI is InChI=1S/C23H14F3N3O3/c24-23(25,26)16-5-3-4-15(11-16)21-28-18-7-2-1-6-17(18)22(30)29(21)27-12-14-8-9-19-20(10-14)32-13-31-19/h1-12H,13H2. The normalized spacial score (nSPS) is 13.2. The molecule has 0 unspecified atom stereocenters. The fraction of sp³-hybridized carbons (Fsp3) is 0.0870. The predicted octanol–water partition coefficient (Wildman–Crippen LogP) is 4.69. The van der Waals surface area contributed by atoms with Crippen LogP contribution in [0.3, 0.4) is 0 Å². The SMILES string of the molecule is O=c1c2ccccc2nc(-c2cccc(C(F)(F)F)c2)n1N=Cc1ccc2c(c1)OCO2. The molecule has 3 aromatic carbocycles. The third-order valence-corrected chi connectivity index (χ3v) is 4.92. The van der Waals surface area contributed by atoms with Crippen molar-refractivity contribution in [3.05, 3.63) is 88.2 Å². The van der Waals surface area contributed by atoms with Gasteiger partial charge in [0.15, 0.2) is 17.3 Å². The van der Waals surface area contributed by atoms with Crippen molar-refractivity contribution in [2.75, 3.05) is 6.79 Å². The number of rotatable bonds is 3. The van der Waals surface area contributed by atoms with E-state index in [0.29, 0.717) is 28.0 Å². The highest BCUT2D eigenvalue weighted by Crippen LogP contribution is 2.33. The van der Waals surface area contributed by atoms with Gasteiger partial charge in [0, 0.05) is 5.56 Å². The van der Waals surface area contributed by atoms with E-state index < -0.39 is 17.3 Å². The number of fused-ring (bicyclic) bond motifs is 2. The zero-order valence-corrected chi connectivity index (χ0v) is 16.3. The number of hydrogen-bond acceptors (Lipinski definition) is 5. The lowest BCUT2D eigenvalue weighted by molar-refractivity contribution is -0.137. The van der Waals surface area contributed by atoms with Gasteiger partial charge in [0.05, 0.1) is 22.7 Å². The van der Waals surface area contributed by atoms with Gasteiger partial charge < -0.3 is 9.47 Å². The number of alkyl halides is 3. The van der Waals surface area contributed by atoms with Crippen molar-refractivity contribution >= 4 is 17.1 Å². The quantitative estimate of drug-likeness (QED) is 0.436. The minimum Gasteiger partial charge on any atom is -0.454 e. The van der Waals surface area contributed by atoms with Crippen molar-refractivity contribution in [2.24, 2.45) is 5.10 Å². The van der Waals surface area contributed by atoms with E-state index in [0.717, 1.165) is 16.8 Å². The molecule has 0 spiro atoms. The van der Waals surface area contributed by atoms with Gasteiger partial charge in [-0.1, -0.05) is 24.3 Å². The Labute approximate surface area is 179 Å². The van der Waals surface area contributed by atoms with Crippen LogP contribution >= 0.6 is 0 Å². The molecule has 32 heavy (non-hydrogen) atoms. The Morgan fingerprint density at radius 2 is 1.78 bits per heavy atom. The molecule has 0 amide bonds. The smallest absolute Gasteiger partial charge is 0.416 e. The molecule has 1 aliphatic heterocycles. The van der Waals surface area contributed by atoms with E-state index in [2.05, 4.69) is 10.1 Å². The Morgan fingerprint density at radius 1 is 0.969 bits per heavy atom. The molecule has 0 aliphatic carbocycles. The van der Waals surface area contributed by atoms with Crippen LogP contribution in [0.4, 0.5) is 13.2 Å². The Kier molecular flexibility index (Phi) is 4.66. The molecular weight excluding hydrogens is 423 g/mol. The highest BCUT2D eigenvalue weighted by molar-refractivity contribution is 5.82. The molecule has 160 valence electrons. The number of ether oxygens (including phenoxy) is 2. The molecule has 4 aromatic rings. The van der Waals surface area contributed by atoms with Gasteiger partial charge in [0.1, 0.15) is 0 Å². The molecule has 0 N–H and O–H groups in total. The van der Waals surface area contributed by atoms with Crippen LogP contribution in [-0.4, -0.2) is 22.7 Å². The Balaban J connectivity index is 1.68. The molecular formula is C23H14F3N3O3. The second kappa shape index (κ2) is 7.52. The highest BCUT2D eigenvalue weighted by atomic mass is 19.4. The summed E-state index contributed by atoms with van der Waals surface area (Å²) < 4.78 is 51.4. The van der Waals surface area contributed by atoms with Gasteiger partial charge in [0.2, 0.25) is 6.79 Å². The van der Waals surface area contributed by atoms with Crippen molar-refractivity contribution < 1.29 is 22.6 Å². The number of benzene rings is 3. The Morgan fingerprint density at radius 3 is 2.62 bits per heavy atom. The molecule has 6 nitrogen and oxygen atoms in total. The Hall–Kier alpha value is -4.14. The molecule has 0 saturated carbocycles. The van der Waals surface area contributed by atoms with E-state index in [1.807, 2.05) is 0 Å². The van der Waals surface area contributed by atoms with E-state index in [1.165, 1.54) is 18.3 Å². The summed E-state index contributed by atoms with van der Waals surface area (Å²) in [6, 6.07) is 16.4. The van der Waals surface area contributed by atoms with Crippen molar-refractivity contribution in [2.45, 2.75) is 6.18 Å². The molecule has 1 aliphatic rings. The highest BCUT2D eigenvalue weighted by Gasteiger charge is 2.31. The zero-order chi connectivity index (χ0) is 22.3. The number of halogens is 3. The lowest BCUT2D eigenvalue weighted by atomic mass is 10.1. The molecule has 0 radical (unpaired) electrons.